The monoisotopic (exact) mass is 281 g/mol. The summed E-state index contributed by atoms with van der Waals surface area (Å²) < 4.78 is 5.27. The summed E-state index contributed by atoms with van der Waals surface area (Å²) in [4.78, 5) is 2.50. The van der Waals surface area contributed by atoms with E-state index >= 15 is 0 Å². The number of rotatable bonds is 5. The van der Waals surface area contributed by atoms with E-state index in [1.165, 1.54) is 36.2 Å². The summed E-state index contributed by atoms with van der Waals surface area (Å²) in [5, 5.41) is 0. The lowest BCUT2D eigenvalue weighted by atomic mass is 10.0. The van der Waals surface area contributed by atoms with Crippen LogP contribution >= 0.6 is 0 Å². The first kappa shape index (κ1) is 14.0. The molecule has 1 aliphatic heterocycles. The van der Waals surface area contributed by atoms with Gasteiger partial charge in [0, 0.05) is 17.4 Å². The largest absolute Gasteiger partial charge is 0.497 e. The van der Waals surface area contributed by atoms with E-state index in [4.69, 9.17) is 4.74 Å². The number of hydrogen-bond acceptors (Lipinski definition) is 2. The topological polar surface area (TPSA) is 12.5 Å². The Kier molecular flexibility index (Phi) is 4.14. The highest BCUT2D eigenvalue weighted by Gasteiger charge is 2.29. The van der Waals surface area contributed by atoms with Crippen LogP contribution in [0.3, 0.4) is 0 Å². The highest BCUT2D eigenvalue weighted by atomic mass is 16.5. The van der Waals surface area contributed by atoms with Crippen LogP contribution in [0, 0.1) is 0 Å². The Morgan fingerprint density at radius 2 is 1.86 bits per heavy atom. The standard InChI is InChI=1S/C19H23NO/c1-3-4-8-17-14-15-7-5-6-9-19(15)20(17)16-10-12-18(21-2)13-11-16/h5-7,9-13,17H,3-4,8,14H2,1-2H3. The van der Waals surface area contributed by atoms with Gasteiger partial charge in [-0.05, 0) is 48.7 Å². The first-order valence-corrected chi connectivity index (χ1v) is 7.84. The van der Waals surface area contributed by atoms with Crippen LogP contribution in [0.1, 0.15) is 31.7 Å². The van der Waals surface area contributed by atoms with Crippen molar-refractivity contribution in [1.29, 1.82) is 0 Å². The number of benzene rings is 2. The van der Waals surface area contributed by atoms with E-state index in [1.54, 1.807) is 7.11 Å². The summed E-state index contributed by atoms with van der Waals surface area (Å²) in [6, 6.07) is 17.8. The van der Waals surface area contributed by atoms with Crippen LogP contribution in [0.25, 0.3) is 0 Å². The number of hydrogen-bond donors (Lipinski definition) is 0. The van der Waals surface area contributed by atoms with Crippen LogP contribution in [0.5, 0.6) is 5.75 Å². The van der Waals surface area contributed by atoms with Gasteiger partial charge >= 0.3 is 0 Å². The van der Waals surface area contributed by atoms with Crippen molar-refractivity contribution in [3.05, 3.63) is 54.1 Å². The quantitative estimate of drug-likeness (QED) is 0.769. The minimum atomic E-state index is 0.579. The molecule has 0 N–H and O–H groups in total. The molecule has 3 rings (SSSR count). The van der Waals surface area contributed by atoms with Gasteiger partial charge in [0.15, 0.2) is 0 Å². The molecule has 0 saturated carbocycles. The Morgan fingerprint density at radius 3 is 2.57 bits per heavy atom. The summed E-state index contributed by atoms with van der Waals surface area (Å²) in [6.45, 7) is 2.26. The molecule has 0 saturated heterocycles. The van der Waals surface area contributed by atoms with Crippen LogP contribution < -0.4 is 9.64 Å². The molecule has 2 aromatic rings. The SMILES string of the molecule is CCCCC1Cc2ccccc2N1c1ccc(OC)cc1. The molecule has 0 amide bonds. The highest BCUT2D eigenvalue weighted by Crippen LogP contribution is 2.40. The van der Waals surface area contributed by atoms with E-state index in [2.05, 4.69) is 48.2 Å². The predicted octanol–water partition coefficient (Wildman–Crippen LogP) is 4.95. The molecule has 2 nitrogen and oxygen atoms in total. The van der Waals surface area contributed by atoms with E-state index < -0.39 is 0 Å². The van der Waals surface area contributed by atoms with E-state index in [1.807, 2.05) is 12.1 Å². The van der Waals surface area contributed by atoms with Gasteiger partial charge in [0.25, 0.3) is 0 Å². The zero-order valence-corrected chi connectivity index (χ0v) is 12.9. The molecule has 1 aliphatic rings. The molecule has 1 atom stereocenters. The van der Waals surface area contributed by atoms with Crippen LogP contribution in [0.2, 0.25) is 0 Å². The van der Waals surface area contributed by atoms with Crippen molar-refractivity contribution in [2.75, 3.05) is 12.0 Å². The van der Waals surface area contributed by atoms with E-state index in [-0.39, 0.29) is 0 Å². The number of ether oxygens (including phenoxy) is 1. The van der Waals surface area contributed by atoms with Crippen molar-refractivity contribution in [2.24, 2.45) is 0 Å². The van der Waals surface area contributed by atoms with Crippen molar-refractivity contribution < 1.29 is 4.74 Å². The lowest BCUT2D eigenvalue weighted by Crippen LogP contribution is -2.27. The fraction of sp³-hybridized carbons (Fsp3) is 0.368. The Balaban J connectivity index is 1.93. The van der Waals surface area contributed by atoms with Gasteiger partial charge in [-0.3, -0.25) is 0 Å². The van der Waals surface area contributed by atoms with E-state index in [0.29, 0.717) is 6.04 Å². The highest BCUT2D eigenvalue weighted by molar-refractivity contribution is 5.71. The third kappa shape index (κ3) is 2.76. The summed E-state index contributed by atoms with van der Waals surface area (Å²) in [5.74, 6) is 0.913. The Hall–Kier alpha value is -1.96. The minimum absolute atomic E-state index is 0.579. The van der Waals surface area contributed by atoms with Crippen molar-refractivity contribution in [1.82, 2.24) is 0 Å². The van der Waals surface area contributed by atoms with Crippen LogP contribution in [0.15, 0.2) is 48.5 Å². The zero-order chi connectivity index (χ0) is 14.7. The summed E-state index contributed by atoms with van der Waals surface area (Å²) in [6.07, 6.45) is 4.94. The zero-order valence-electron chi connectivity index (χ0n) is 12.9. The van der Waals surface area contributed by atoms with Gasteiger partial charge in [-0.1, -0.05) is 38.0 Å². The van der Waals surface area contributed by atoms with Gasteiger partial charge < -0.3 is 9.64 Å². The molecule has 0 fully saturated rings. The van der Waals surface area contributed by atoms with Crippen molar-refractivity contribution in [2.45, 2.75) is 38.6 Å². The average Bonchev–Trinajstić information content (AvgIpc) is 2.91. The van der Waals surface area contributed by atoms with Crippen LogP contribution in [-0.2, 0) is 6.42 Å². The maximum absolute atomic E-state index is 5.27. The predicted molar refractivity (Wildman–Crippen MR) is 88.6 cm³/mol. The van der Waals surface area contributed by atoms with Crippen LogP contribution in [-0.4, -0.2) is 13.2 Å². The molecule has 1 heterocycles. The number of unbranched alkanes of at least 4 members (excludes halogenated alkanes) is 1. The minimum Gasteiger partial charge on any atom is -0.497 e. The lowest BCUT2D eigenvalue weighted by Gasteiger charge is -2.28. The molecule has 21 heavy (non-hydrogen) atoms. The van der Waals surface area contributed by atoms with Gasteiger partial charge in [-0.2, -0.15) is 0 Å². The van der Waals surface area contributed by atoms with Crippen molar-refractivity contribution in [3.63, 3.8) is 0 Å². The number of fused-ring (bicyclic) bond motifs is 1. The Morgan fingerprint density at radius 1 is 1.10 bits per heavy atom. The van der Waals surface area contributed by atoms with Gasteiger partial charge in [0.1, 0.15) is 5.75 Å². The molecule has 1 unspecified atom stereocenters. The lowest BCUT2D eigenvalue weighted by molar-refractivity contribution is 0.415. The molecule has 2 heteroatoms. The van der Waals surface area contributed by atoms with Gasteiger partial charge in [-0.25, -0.2) is 0 Å². The molecule has 2 aromatic carbocycles. The summed E-state index contributed by atoms with van der Waals surface area (Å²) in [5.41, 5.74) is 4.10. The second-order valence-corrected chi connectivity index (χ2v) is 5.70. The number of methoxy groups -OCH3 is 1. The van der Waals surface area contributed by atoms with Crippen molar-refractivity contribution in [3.8, 4) is 5.75 Å². The van der Waals surface area contributed by atoms with E-state index in [9.17, 15) is 0 Å². The fourth-order valence-electron chi connectivity index (χ4n) is 3.22. The maximum Gasteiger partial charge on any atom is 0.119 e. The second-order valence-electron chi connectivity index (χ2n) is 5.70. The second kappa shape index (κ2) is 6.21. The molecule has 0 spiro atoms. The number of para-hydroxylation sites is 1. The molecule has 0 radical (unpaired) electrons. The molecular weight excluding hydrogens is 258 g/mol. The first-order chi connectivity index (χ1) is 10.3. The normalized spacial score (nSPS) is 16.9. The fourth-order valence-corrected chi connectivity index (χ4v) is 3.22. The van der Waals surface area contributed by atoms with Crippen molar-refractivity contribution >= 4 is 11.4 Å². The summed E-state index contributed by atoms with van der Waals surface area (Å²) in [7, 11) is 1.71. The third-order valence-electron chi connectivity index (χ3n) is 4.31. The van der Waals surface area contributed by atoms with Gasteiger partial charge in [-0.15, -0.1) is 0 Å². The molecule has 0 bridgehead atoms. The van der Waals surface area contributed by atoms with Gasteiger partial charge in [0.05, 0.1) is 7.11 Å². The van der Waals surface area contributed by atoms with Gasteiger partial charge in [0.2, 0.25) is 0 Å². The Labute approximate surface area is 127 Å². The van der Waals surface area contributed by atoms with E-state index in [0.717, 1.165) is 12.2 Å². The first-order valence-electron chi connectivity index (χ1n) is 7.84. The maximum atomic E-state index is 5.27. The molecular formula is C19H23NO. The number of nitrogens with zero attached hydrogens (tertiary/aromatic N) is 1. The number of anilines is 2. The molecule has 0 aliphatic carbocycles. The van der Waals surface area contributed by atoms with Crippen LogP contribution in [0.4, 0.5) is 11.4 Å². The average molecular weight is 281 g/mol. The third-order valence-corrected chi connectivity index (χ3v) is 4.31. The summed E-state index contributed by atoms with van der Waals surface area (Å²) >= 11 is 0. The molecule has 110 valence electrons. The Bertz CT molecular complexity index is 591. The molecule has 0 aromatic heterocycles. The smallest absolute Gasteiger partial charge is 0.119 e.